The van der Waals surface area contributed by atoms with Crippen LogP contribution in [-0.4, -0.2) is 17.0 Å². The number of aryl methyl sites for hydroxylation is 1. The van der Waals surface area contributed by atoms with Gasteiger partial charge in [-0.3, -0.25) is 4.79 Å². The van der Waals surface area contributed by atoms with Crippen molar-refractivity contribution in [1.82, 2.24) is 9.88 Å². The van der Waals surface area contributed by atoms with E-state index in [4.69, 9.17) is 0 Å². The van der Waals surface area contributed by atoms with E-state index in [1.165, 1.54) is 44.1 Å². The molecular formula is C22H30N2O. The number of carbonyl (C=O) groups excluding carboxylic acids is 1. The Morgan fingerprint density at radius 1 is 1.24 bits per heavy atom. The van der Waals surface area contributed by atoms with Crippen LogP contribution in [0.2, 0.25) is 0 Å². The van der Waals surface area contributed by atoms with Gasteiger partial charge in [-0.15, -0.1) is 0 Å². The molecule has 1 N–H and O–H groups in total. The van der Waals surface area contributed by atoms with Crippen molar-refractivity contribution in [1.29, 1.82) is 0 Å². The molecule has 1 aromatic carbocycles. The number of amides is 1. The van der Waals surface area contributed by atoms with Gasteiger partial charge in [0.15, 0.2) is 0 Å². The van der Waals surface area contributed by atoms with Crippen molar-refractivity contribution in [2.75, 3.05) is 6.54 Å². The van der Waals surface area contributed by atoms with E-state index in [0.717, 1.165) is 28.9 Å². The normalized spacial score (nSPS) is 25.7. The van der Waals surface area contributed by atoms with Crippen molar-refractivity contribution in [3.63, 3.8) is 0 Å². The molecule has 25 heavy (non-hydrogen) atoms. The number of fused-ring (bicyclic) bond motifs is 4. The van der Waals surface area contributed by atoms with Crippen LogP contribution in [0.3, 0.4) is 0 Å². The van der Waals surface area contributed by atoms with E-state index in [1.807, 2.05) is 6.20 Å². The zero-order valence-electron chi connectivity index (χ0n) is 15.8. The van der Waals surface area contributed by atoms with Crippen LogP contribution in [0.1, 0.15) is 74.3 Å². The number of rotatable bonds is 4. The summed E-state index contributed by atoms with van der Waals surface area (Å²) in [5.74, 6) is 1.06. The van der Waals surface area contributed by atoms with Crippen LogP contribution in [0.25, 0.3) is 10.9 Å². The lowest BCUT2D eigenvalue weighted by Gasteiger charge is -2.46. The van der Waals surface area contributed by atoms with Crippen LogP contribution in [0.15, 0.2) is 24.4 Å². The van der Waals surface area contributed by atoms with E-state index in [0.29, 0.717) is 11.5 Å². The summed E-state index contributed by atoms with van der Waals surface area (Å²) in [6.07, 6.45) is 10.0. The topological polar surface area (TPSA) is 34.0 Å². The molecule has 0 unspecified atom stereocenters. The van der Waals surface area contributed by atoms with Crippen molar-refractivity contribution < 1.29 is 4.79 Å². The molecule has 3 saturated carbocycles. The molecule has 3 aliphatic rings. The van der Waals surface area contributed by atoms with E-state index in [9.17, 15) is 4.79 Å². The molecule has 134 valence electrons. The first-order chi connectivity index (χ1) is 12.0. The van der Waals surface area contributed by atoms with E-state index in [-0.39, 0.29) is 5.91 Å². The van der Waals surface area contributed by atoms with Crippen molar-refractivity contribution in [3.8, 4) is 0 Å². The number of nitrogens with one attached hydrogen (secondary N) is 1. The summed E-state index contributed by atoms with van der Waals surface area (Å²) in [6.45, 7) is 7.29. The Bertz CT molecular complexity index is 780. The number of hydrogen-bond donors (Lipinski definition) is 1. The van der Waals surface area contributed by atoms with Gasteiger partial charge in [0.2, 0.25) is 0 Å². The van der Waals surface area contributed by atoms with E-state index in [2.05, 4.69) is 48.9 Å². The van der Waals surface area contributed by atoms with Gasteiger partial charge in [0.25, 0.3) is 5.91 Å². The van der Waals surface area contributed by atoms with Gasteiger partial charge >= 0.3 is 0 Å². The Balaban J connectivity index is 1.60. The molecule has 1 amide bonds. The summed E-state index contributed by atoms with van der Waals surface area (Å²) >= 11 is 0. The quantitative estimate of drug-likeness (QED) is 0.813. The summed E-state index contributed by atoms with van der Waals surface area (Å²) in [7, 11) is 0. The molecule has 0 atom stereocenters. The Morgan fingerprint density at radius 3 is 2.56 bits per heavy atom. The Labute approximate surface area is 150 Å². The minimum absolute atomic E-state index is 0.0979. The molecule has 1 aromatic heterocycles. The lowest BCUT2D eigenvalue weighted by atomic mass is 9.61. The van der Waals surface area contributed by atoms with Crippen LogP contribution in [0.4, 0.5) is 0 Å². The summed E-state index contributed by atoms with van der Waals surface area (Å²) in [5, 5.41) is 4.41. The maximum absolute atomic E-state index is 13.0. The van der Waals surface area contributed by atoms with Gasteiger partial charge in [0.1, 0.15) is 0 Å². The van der Waals surface area contributed by atoms with Crippen molar-refractivity contribution >= 4 is 16.8 Å². The molecule has 2 aromatic rings. The molecule has 0 saturated heterocycles. The predicted octanol–water partition coefficient (Wildman–Crippen LogP) is 5.23. The molecule has 3 nitrogen and oxygen atoms in total. The lowest BCUT2D eigenvalue weighted by Crippen LogP contribution is -2.43. The van der Waals surface area contributed by atoms with Crippen LogP contribution < -0.4 is 5.32 Å². The molecule has 3 aliphatic carbocycles. The maximum Gasteiger partial charge on any atom is 0.253 e. The van der Waals surface area contributed by atoms with Gasteiger partial charge in [-0.05, 0) is 82.3 Å². The molecule has 3 fully saturated rings. The van der Waals surface area contributed by atoms with Crippen molar-refractivity contribution in [2.45, 2.75) is 65.3 Å². The van der Waals surface area contributed by atoms with E-state index >= 15 is 0 Å². The first kappa shape index (κ1) is 16.7. The smallest absolute Gasteiger partial charge is 0.253 e. The van der Waals surface area contributed by atoms with Gasteiger partial charge in [-0.1, -0.05) is 12.1 Å². The highest BCUT2D eigenvalue weighted by atomic mass is 16.1. The molecule has 5 rings (SSSR count). The lowest BCUT2D eigenvalue weighted by molar-refractivity contribution is 0.0598. The summed E-state index contributed by atoms with van der Waals surface area (Å²) in [5.41, 5.74) is 3.55. The van der Waals surface area contributed by atoms with E-state index in [1.54, 1.807) is 0 Å². The zero-order valence-corrected chi connectivity index (χ0v) is 15.8. The fraction of sp³-hybridized carbons (Fsp3) is 0.591. The van der Waals surface area contributed by atoms with Gasteiger partial charge in [-0.2, -0.15) is 0 Å². The monoisotopic (exact) mass is 338 g/mol. The van der Waals surface area contributed by atoms with Crippen LogP contribution in [0, 0.1) is 18.3 Å². The van der Waals surface area contributed by atoms with Gasteiger partial charge < -0.3 is 9.88 Å². The highest BCUT2D eigenvalue weighted by molar-refractivity contribution is 6.08. The van der Waals surface area contributed by atoms with Crippen LogP contribution in [-0.2, 0) is 0 Å². The van der Waals surface area contributed by atoms with Gasteiger partial charge in [0, 0.05) is 29.7 Å². The first-order valence-electron chi connectivity index (χ1n) is 9.87. The predicted molar refractivity (Wildman–Crippen MR) is 103 cm³/mol. The highest BCUT2D eigenvalue weighted by Gasteiger charge is 2.40. The van der Waals surface area contributed by atoms with Gasteiger partial charge in [-0.25, -0.2) is 0 Å². The zero-order chi connectivity index (χ0) is 17.6. The Kier molecular flexibility index (Phi) is 4.13. The summed E-state index contributed by atoms with van der Waals surface area (Å²) in [4.78, 5) is 13.0. The minimum atomic E-state index is 0.0979. The Morgan fingerprint density at radius 2 is 1.92 bits per heavy atom. The molecule has 2 bridgehead atoms. The average molecular weight is 338 g/mol. The highest BCUT2D eigenvalue weighted by Crippen LogP contribution is 2.49. The number of aromatic nitrogens is 1. The fourth-order valence-electron chi connectivity index (χ4n) is 5.06. The van der Waals surface area contributed by atoms with Crippen LogP contribution >= 0.6 is 0 Å². The molecule has 0 radical (unpaired) electrons. The fourth-order valence-corrected chi connectivity index (χ4v) is 5.06. The van der Waals surface area contributed by atoms with Crippen molar-refractivity contribution in [3.05, 3.63) is 35.5 Å². The molecule has 0 aliphatic heterocycles. The number of nitrogens with zero attached hydrogens (tertiary/aromatic N) is 1. The third-order valence-electron chi connectivity index (χ3n) is 6.74. The second kappa shape index (κ2) is 6.19. The third kappa shape index (κ3) is 2.88. The molecular weight excluding hydrogens is 308 g/mol. The van der Waals surface area contributed by atoms with E-state index < -0.39 is 0 Å². The number of hydrogen-bond acceptors (Lipinski definition) is 1. The molecule has 1 heterocycles. The maximum atomic E-state index is 13.0. The minimum Gasteiger partial charge on any atom is -0.351 e. The summed E-state index contributed by atoms with van der Waals surface area (Å²) < 4.78 is 2.22. The number of carbonyl (C=O) groups is 1. The molecule has 0 spiro atoms. The standard InChI is InChI=1S/C22H30N2O/c1-15(2)24-13-18(20-16(3)5-4-6-19(20)24)21(25)23-14-22-10-7-17(8-11-22)9-12-22/h4-6,13,15,17H,7-12,14H2,1-3H3,(H,23,25). The second-order valence-electron chi connectivity index (χ2n) is 8.68. The second-order valence-corrected chi connectivity index (χ2v) is 8.68. The SMILES string of the molecule is Cc1cccc2c1c(C(=O)NCC13CCC(CC1)CC3)cn2C(C)C. The van der Waals surface area contributed by atoms with Gasteiger partial charge in [0.05, 0.1) is 5.56 Å². The first-order valence-corrected chi connectivity index (χ1v) is 9.87. The largest absolute Gasteiger partial charge is 0.351 e. The average Bonchev–Trinajstić information content (AvgIpc) is 3.03. The third-order valence-corrected chi connectivity index (χ3v) is 6.74. The van der Waals surface area contributed by atoms with Crippen LogP contribution in [0.5, 0.6) is 0 Å². The van der Waals surface area contributed by atoms with Crippen molar-refractivity contribution in [2.24, 2.45) is 11.3 Å². The Hall–Kier alpha value is -1.77. The number of benzene rings is 1. The molecule has 3 heteroatoms. The summed E-state index contributed by atoms with van der Waals surface area (Å²) in [6, 6.07) is 6.65.